The topological polar surface area (TPSA) is 80.0 Å². The lowest BCUT2D eigenvalue weighted by molar-refractivity contribution is 0.0734. The van der Waals surface area contributed by atoms with Gasteiger partial charge < -0.3 is 10.4 Å². The van der Waals surface area contributed by atoms with Gasteiger partial charge in [-0.2, -0.15) is 0 Å². The van der Waals surface area contributed by atoms with E-state index in [2.05, 4.69) is 15.3 Å². The molecule has 0 radical (unpaired) electrons. The highest BCUT2D eigenvalue weighted by molar-refractivity contribution is 5.41. The predicted octanol–water partition coefficient (Wildman–Crippen LogP) is 0.897. The number of aliphatic hydroxyl groups is 1. The van der Waals surface area contributed by atoms with E-state index < -0.39 is 5.60 Å². The lowest BCUT2D eigenvalue weighted by Crippen LogP contribution is -2.22. The fourth-order valence-electron chi connectivity index (χ4n) is 1.63. The van der Waals surface area contributed by atoms with E-state index in [4.69, 9.17) is 0 Å². The Hall–Kier alpha value is -2.21. The number of anilines is 1. The molecule has 0 aliphatic carbocycles. The van der Waals surface area contributed by atoms with Crippen LogP contribution in [0, 0.1) is 0 Å². The maximum absolute atomic E-state index is 12.1. The quantitative estimate of drug-likeness (QED) is 0.857. The Bertz CT molecular complexity index is 626. The Balaban J connectivity index is 2.46. The molecule has 0 aliphatic heterocycles. The monoisotopic (exact) mass is 260 g/mol. The number of hydrogen-bond acceptors (Lipinski definition) is 5. The molecule has 0 fully saturated rings. The van der Waals surface area contributed by atoms with Gasteiger partial charge in [0.2, 0.25) is 0 Å². The highest BCUT2D eigenvalue weighted by atomic mass is 16.3. The van der Waals surface area contributed by atoms with Crippen LogP contribution in [0.2, 0.25) is 0 Å². The minimum absolute atomic E-state index is 0.199. The Labute approximate surface area is 110 Å². The fourth-order valence-corrected chi connectivity index (χ4v) is 1.63. The number of hydrogen-bond donors (Lipinski definition) is 2. The summed E-state index contributed by atoms with van der Waals surface area (Å²) in [4.78, 5) is 20.4. The van der Waals surface area contributed by atoms with Gasteiger partial charge in [0.25, 0.3) is 5.56 Å². The molecule has 2 heterocycles. The van der Waals surface area contributed by atoms with Crippen molar-refractivity contribution in [3.63, 3.8) is 0 Å². The zero-order valence-electron chi connectivity index (χ0n) is 11.1. The molecule has 6 heteroatoms. The van der Waals surface area contributed by atoms with Crippen LogP contribution < -0.4 is 10.9 Å². The Kier molecular flexibility index (Phi) is 3.35. The summed E-state index contributed by atoms with van der Waals surface area (Å²) >= 11 is 0. The Morgan fingerprint density at radius 1 is 1.32 bits per heavy atom. The summed E-state index contributed by atoms with van der Waals surface area (Å²) in [5.74, 6) is 0.412. The molecule has 19 heavy (non-hydrogen) atoms. The van der Waals surface area contributed by atoms with Crippen molar-refractivity contribution in [3.05, 3.63) is 46.8 Å². The van der Waals surface area contributed by atoms with Crippen molar-refractivity contribution in [3.8, 4) is 5.82 Å². The van der Waals surface area contributed by atoms with Gasteiger partial charge in [-0.3, -0.25) is 14.3 Å². The molecule has 0 spiro atoms. The van der Waals surface area contributed by atoms with Gasteiger partial charge in [0.15, 0.2) is 5.82 Å². The molecular formula is C13H16N4O2. The zero-order valence-corrected chi connectivity index (χ0v) is 11.1. The summed E-state index contributed by atoms with van der Waals surface area (Å²) in [6, 6.07) is 3.44. The van der Waals surface area contributed by atoms with E-state index in [0.29, 0.717) is 17.2 Å². The van der Waals surface area contributed by atoms with E-state index in [1.54, 1.807) is 39.2 Å². The normalized spacial score (nSPS) is 11.4. The predicted molar refractivity (Wildman–Crippen MR) is 72.4 cm³/mol. The molecule has 6 nitrogen and oxygen atoms in total. The second-order valence-corrected chi connectivity index (χ2v) is 4.67. The zero-order chi connectivity index (χ0) is 14.0. The van der Waals surface area contributed by atoms with Crippen molar-refractivity contribution < 1.29 is 5.11 Å². The minimum Gasteiger partial charge on any atom is -0.384 e. The number of nitrogens with zero attached hydrogens (tertiary/aromatic N) is 3. The number of nitrogens with one attached hydrogen (secondary N) is 1. The molecule has 0 saturated heterocycles. The summed E-state index contributed by atoms with van der Waals surface area (Å²) in [5, 5.41) is 12.6. The van der Waals surface area contributed by atoms with E-state index in [1.807, 2.05) is 0 Å². The average molecular weight is 260 g/mol. The second-order valence-electron chi connectivity index (χ2n) is 4.67. The van der Waals surface area contributed by atoms with Crippen molar-refractivity contribution in [2.45, 2.75) is 19.4 Å². The van der Waals surface area contributed by atoms with Crippen LogP contribution in [-0.2, 0) is 5.60 Å². The van der Waals surface area contributed by atoms with Crippen LogP contribution in [0.5, 0.6) is 0 Å². The summed E-state index contributed by atoms with van der Waals surface area (Å²) in [6.45, 7) is 3.26. The van der Waals surface area contributed by atoms with Gasteiger partial charge in [0, 0.05) is 13.2 Å². The third kappa shape index (κ3) is 2.63. The Morgan fingerprint density at radius 2 is 2.05 bits per heavy atom. The minimum atomic E-state index is -1.05. The molecule has 100 valence electrons. The number of aromatic nitrogens is 3. The molecule has 2 aromatic heterocycles. The lowest BCUT2D eigenvalue weighted by Gasteiger charge is -2.16. The summed E-state index contributed by atoms with van der Waals surface area (Å²) in [7, 11) is 1.68. The second kappa shape index (κ2) is 4.81. The van der Waals surface area contributed by atoms with Crippen LogP contribution in [0.25, 0.3) is 5.82 Å². The van der Waals surface area contributed by atoms with Crippen LogP contribution in [-0.4, -0.2) is 26.7 Å². The number of rotatable bonds is 3. The lowest BCUT2D eigenvalue weighted by atomic mass is 10.1. The van der Waals surface area contributed by atoms with Gasteiger partial charge in [0.1, 0.15) is 11.3 Å². The molecule has 0 bridgehead atoms. The third-order valence-corrected chi connectivity index (χ3v) is 2.73. The van der Waals surface area contributed by atoms with Gasteiger partial charge in [-0.1, -0.05) is 0 Å². The van der Waals surface area contributed by atoms with Crippen LogP contribution in [0.4, 0.5) is 5.69 Å². The van der Waals surface area contributed by atoms with Crippen LogP contribution >= 0.6 is 0 Å². The first-order chi connectivity index (χ1) is 8.93. The molecule has 0 aromatic carbocycles. The molecule has 0 atom stereocenters. The van der Waals surface area contributed by atoms with E-state index in [-0.39, 0.29) is 5.56 Å². The molecular weight excluding hydrogens is 244 g/mol. The van der Waals surface area contributed by atoms with Gasteiger partial charge in [-0.25, -0.2) is 4.98 Å². The standard InChI is InChI=1S/C13H16N4O2/c1-13(2,19)10-7-16-11(8-15-10)17-6-4-5-9(14-3)12(17)18/h4-8,14,19H,1-3H3. The van der Waals surface area contributed by atoms with Crippen LogP contribution in [0.15, 0.2) is 35.5 Å². The van der Waals surface area contributed by atoms with Crippen molar-refractivity contribution in [1.29, 1.82) is 0 Å². The van der Waals surface area contributed by atoms with Crippen molar-refractivity contribution in [2.75, 3.05) is 12.4 Å². The van der Waals surface area contributed by atoms with Crippen LogP contribution in [0.3, 0.4) is 0 Å². The van der Waals surface area contributed by atoms with E-state index in [9.17, 15) is 9.90 Å². The first kappa shape index (κ1) is 13.2. The number of pyridine rings is 1. The molecule has 0 amide bonds. The Morgan fingerprint density at radius 3 is 2.58 bits per heavy atom. The first-order valence-corrected chi connectivity index (χ1v) is 5.88. The maximum atomic E-state index is 12.1. The van der Waals surface area contributed by atoms with E-state index in [0.717, 1.165) is 0 Å². The van der Waals surface area contributed by atoms with Gasteiger partial charge in [0.05, 0.1) is 18.1 Å². The van der Waals surface area contributed by atoms with Crippen molar-refractivity contribution >= 4 is 5.69 Å². The van der Waals surface area contributed by atoms with Crippen LogP contribution in [0.1, 0.15) is 19.5 Å². The highest BCUT2D eigenvalue weighted by Gasteiger charge is 2.18. The molecule has 2 N–H and O–H groups in total. The smallest absolute Gasteiger partial charge is 0.279 e. The van der Waals surface area contributed by atoms with E-state index >= 15 is 0 Å². The molecule has 0 saturated carbocycles. The highest BCUT2D eigenvalue weighted by Crippen LogP contribution is 2.16. The summed E-state index contributed by atoms with van der Waals surface area (Å²) < 4.78 is 1.40. The summed E-state index contributed by atoms with van der Waals surface area (Å²) in [6.07, 6.45) is 4.55. The van der Waals surface area contributed by atoms with Gasteiger partial charge in [-0.05, 0) is 26.0 Å². The molecule has 0 aliphatic rings. The molecule has 2 aromatic rings. The largest absolute Gasteiger partial charge is 0.384 e. The first-order valence-electron chi connectivity index (χ1n) is 5.88. The van der Waals surface area contributed by atoms with Gasteiger partial charge >= 0.3 is 0 Å². The third-order valence-electron chi connectivity index (χ3n) is 2.73. The SMILES string of the molecule is CNc1cccn(-c2cnc(C(C)(C)O)cn2)c1=O. The average Bonchev–Trinajstić information content (AvgIpc) is 2.38. The fraction of sp³-hybridized carbons (Fsp3) is 0.308. The maximum Gasteiger partial charge on any atom is 0.279 e. The summed E-state index contributed by atoms with van der Waals surface area (Å²) in [5.41, 5.74) is -0.316. The van der Waals surface area contributed by atoms with Crippen molar-refractivity contribution in [2.24, 2.45) is 0 Å². The van der Waals surface area contributed by atoms with Crippen molar-refractivity contribution in [1.82, 2.24) is 14.5 Å². The molecule has 2 rings (SSSR count). The molecule has 0 unspecified atom stereocenters. The van der Waals surface area contributed by atoms with Gasteiger partial charge in [-0.15, -0.1) is 0 Å². The van der Waals surface area contributed by atoms with E-state index in [1.165, 1.54) is 17.0 Å².